The molecule has 2 aromatic heterocycles. The number of H-pyrrole nitrogens is 3. The molecular formula is C5H3FN4O3Te. The third-order valence-electron chi connectivity index (χ3n) is 1.61. The Kier molecular flexibility index (Phi) is 2.05. The van der Waals surface area contributed by atoms with Crippen molar-refractivity contribution in [2.45, 2.75) is 0 Å². The van der Waals surface area contributed by atoms with E-state index in [-0.39, 0.29) is 11.2 Å². The van der Waals surface area contributed by atoms with Crippen LogP contribution in [0.25, 0.3) is 11.2 Å². The molecule has 0 aliphatic carbocycles. The molecule has 3 N–H and O–H groups in total. The summed E-state index contributed by atoms with van der Waals surface area (Å²) in [5.41, 5.74) is -2.43. The van der Waals surface area contributed by atoms with E-state index in [9.17, 15) is 17.3 Å². The monoisotopic (exact) mass is 316 g/mol. The maximum absolute atomic E-state index is 12.5. The number of halogens is 1. The summed E-state index contributed by atoms with van der Waals surface area (Å²) in [5, 5.41) is 0. The van der Waals surface area contributed by atoms with Crippen molar-refractivity contribution in [1.29, 1.82) is 0 Å². The second-order valence-corrected chi connectivity index (χ2v) is 3.86. The van der Waals surface area contributed by atoms with Crippen LogP contribution in [0, 0.1) is 0 Å². The van der Waals surface area contributed by atoms with E-state index in [0.29, 0.717) is 0 Å². The summed E-state index contributed by atoms with van der Waals surface area (Å²) >= 11 is -2.24. The number of fused-ring (bicyclic) bond motifs is 1. The van der Waals surface area contributed by atoms with Crippen molar-refractivity contribution in [3.05, 3.63) is 31.3 Å². The molecule has 0 atom stereocenters. The van der Waals surface area contributed by atoms with Crippen molar-refractivity contribution in [2.24, 2.45) is 0 Å². The Balaban J connectivity index is 3.12. The molecule has 0 amide bonds. The minimum atomic E-state index is -2.24. The van der Waals surface area contributed by atoms with Crippen LogP contribution in [0.5, 0.6) is 0 Å². The summed E-state index contributed by atoms with van der Waals surface area (Å²) < 4.78 is 13.2. The fraction of sp³-hybridized carbons (Fsp3) is 0. The van der Waals surface area contributed by atoms with Crippen molar-refractivity contribution >= 4 is 32.9 Å². The molecule has 0 radical (unpaired) electrons. The average molecular weight is 314 g/mol. The zero-order valence-electron chi connectivity index (χ0n) is 6.46. The van der Waals surface area contributed by atoms with E-state index in [4.69, 9.17) is 0 Å². The molecule has 9 heteroatoms. The summed E-state index contributed by atoms with van der Waals surface area (Å²) in [6, 6.07) is 0. The van der Waals surface area contributed by atoms with Crippen LogP contribution in [-0.2, 0) is 0 Å². The number of hydrogen-bond donors (Lipinski definition) is 3. The molecule has 0 saturated carbocycles. The van der Waals surface area contributed by atoms with Crippen LogP contribution < -0.4 is 16.9 Å². The Hall–Kier alpha value is -1.33. The number of nitrogens with one attached hydrogen (secondary N) is 3. The molecule has 0 unspecified atom stereocenters. The van der Waals surface area contributed by atoms with Crippen LogP contribution in [-0.4, -0.2) is 39.5 Å². The summed E-state index contributed by atoms with van der Waals surface area (Å²) in [4.78, 5) is 39.3. The van der Waals surface area contributed by atoms with E-state index in [0.717, 1.165) is 2.82 Å². The third kappa shape index (κ3) is 1.21. The van der Waals surface area contributed by atoms with Gasteiger partial charge in [-0.3, -0.25) is 0 Å². The van der Waals surface area contributed by atoms with E-state index in [1.54, 1.807) is 0 Å². The van der Waals surface area contributed by atoms with Crippen molar-refractivity contribution in [1.82, 2.24) is 17.8 Å². The predicted octanol–water partition coefficient (Wildman–Crippen LogP) is -1.94. The first-order valence-corrected chi connectivity index (χ1v) is 5.32. The predicted molar refractivity (Wildman–Crippen MR) is 46.1 cm³/mol. The molecule has 7 nitrogen and oxygen atoms in total. The van der Waals surface area contributed by atoms with Gasteiger partial charge in [0.05, 0.1) is 0 Å². The van der Waals surface area contributed by atoms with Crippen molar-refractivity contribution in [2.75, 3.05) is 0 Å². The SMILES string of the molecule is O=c1[nH]c2c(=O)[nH]c(=O)n([Te]F)c2[nH]1. The first-order valence-electron chi connectivity index (χ1n) is 3.40. The summed E-state index contributed by atoms with van der Waals surface area (Å²) in [7, 11) is 0. The van der Waals surface area contributed by atoms with Gasteiger partial charge in [0.2, 0.25) is 0 Å². The maximum atomic E-state index is 12.5. The molecule has 0 aliphatic heterocycles. The Morgan fingerprint density at radius 3 is 2.50 bits per heavy atom. The van der Waals surface area contributed by atoms with E-state index in [1.165, 1.54) is 0 Å². The first kappa shape index (κ1) is 9.23. The molecule has 0 spiro atoms. The van der Waals surface area contributed by atoms with Gasteiger partial charge in [-0.05, 0) is 0 Å². The van der Waals surface area contributed by atoms with Gasteiger partial charge < -0.3 is 0 Å². The average Bonchev–Trinajstić information content (AvgIpc) is 2.48. The molecular weight excluding hydrogens is 311 g/mol. The standard InChI is InChI=1S/C5H3FN4O3Te/c6-14-10-2-1(7-4(12)8-2)3(11)9-5(10)13/h(H2,7,8,12)(H,9,11,13). The van der Waals surface area contributed by atoms with E-state index in [2.05, 4.69) is 9.97 Å². The summed E-state index contributed by atoms with van der Waals surface area (Å²) in [5.74, 6) is 0. The van der Waals surface area contributed by atoms with Gasteiger partial charge in [-0.2, -0.15) is 0 Å². The topological polar surface area (TPSA) is 104 Å². The minimum absolute atomic E-state index is 0.0892. The van der Waals surface area contributed by atoms with Crippen LogP contribution in [0.3, 0.4) is 0 Å². The summed E-state index contributed by atoms with van der Waals surface area (Å²) in [6.07, 6.45) is 0. The second kappa shape index (κ2) is 3.11. The van der Waals surface area contributed by atoms with Crippen molar-refractivity contribution in [3.8, 4) is 0 Å². The number of aromatic amines is 3. The Morgan fingerprint density at radius 2 is 1.86 bits per heavy atom. The van der Waals surface area contributed by atoms with Crippen molar-refractivity contribution in [3.63, 3.8) is 0 Å². The normalized spacial score (nSPS) is 10.9. The molecule has 0 aromatic carbocycles. The van der Waals surface area contributed by atoms with Crippen LogP contribution in [0.2, 0.25) is 0 Å². The van der Waals surface area contributed by atoms with Gasteiger partial charge in [0.15, 0.2) is 0 Å². The molecule has 2 heterocycles. The van der Waals surface area contributed by atoms with Crippen LogP contribution in [0.15, 0.2) is 14.4 Å². The first-order chi connectivity index (χ1) is 6.63. The van der Waals surface area contributed by atoms with Gasteiger partial charge in [-0.15, -0.1) is 0 Å². The van der Waals surface area contributed by atoms with Gasteiger partial charge in [0.25, 0.3) is 0 Å². The number of imidazole rings is 1. The van der Waals surface area contributed by atoms with Crippen LogP contribution in [0.1, 0.15) is 0 Å². The second-order valence-electron chi connectivity index (χ2n) is 2.43. The van der Waals surface area contributed by atoms with Gasteiger partial charge >= 0.3 is 84.9 Å². The number of nitrogens with zero attached hydrogens (tertiary/aromatic N) is 1. The molecule has 2 rings (SSSR count). The van der Waals surface area contributed by atoms with Gasteiger partial charge in [-0.1, -0.05) is 0 Å². The number of aromatic nitrogens is 4. The summed E-state index contributed by atoms with van der Waals surface area (Å²) in [6.45, 7) is 0. The van der Waals surface area contributed by atoms with Crippen LogP contribution >= 0.6 is 0 Å². The molecule has 2 aromatic rings. The van der Waals surface area contributed by atoms with Gasteiger partial charge in [0, 0.05) is 0 Å². The Labute approximate surface area is 85.2 Å². The Bertz CT molecular complexity index is 649. The van der Waals surface area contributed by atoms with E-state index in [1.807, 2.05) is 4.98 Å². The molecule has 14 heavy (non-hydrogen) atoms. The third-order valence-corrected chi connectivity index (χ3v) is 3.00. The van der Waals surface area contributed by atoms with Gasteiger partial charge in [0.1, 0.15) is 0 Å². The zero-order valence-corrected chi connectivity index (χ0v) is 8.79. The van der Waals surface area contributed by atoms with E-state index >= 15 is 0 Å². The van der Waals surface area contributed by atoms with Crippen LogP contribution in [0.4, 0.5) is 2.89 Å². The van der Waals surface area contributed by atoms with Gasteiger partial charge in [-0.25, -0.2) is 0 Å². The fourth-order valence-corrected chi connectivity index (χ4v) is 1.97. The zero-order chi connectivity index (χ0) is 10.3. The number of hydrogen-bond acceptors (Lipinski definition) is 3. The van der Waals surface area contributed by atoms with Crippen molar-refractivity contribution < 1.29 is 2.89 Å². The quantitative estimate of drug-likeness (QED) is 0.534. The fourth-order valence-electron chi connectivity index (χ4n) is 1.07. The number of rotatable bonds is 1. The molecule has 0 bridgehead atoms. The Morgan fingerprint density at radius 1 is 1.14 bits per heavy atom. The molecule has 0 fully saturated rings. The molecule has 74 valence electrons. The molecule has 0 aliphatic rings. The molecule has 0 saturated heterocycles. The van der Waals surface area contributed by atoms with E-state index < -0.39 is 38.7 Å².